The summed E-state index contributed by atoms with van der Waals surface area (Å²) in [4.78, 5) is 28.9. The van der Waals surface area contributed by atoms with E-state index < -0.39 is 12.5 Å². The molecule has 1 aliphatic rings. The molecule has 0 aliphatic carbocycles. The van der Waals surface area contributed by atoms with Gasteiger partial charge in [0.1, 0.15) is 11.6 Å². The van der Waals surface area contributed by atoms with Crippen molar-refractivity contribution in [3.8, 4) is 17.0 Å². The molecule has 1 N–H and O–H groups in total. The fourth-order valence-electron chi connectivity index (χ4n) is 3.58. The van der Waals surface area contributed by atoms with E-state index in [9.17, 15) is 22.8 Å². The molecule has 1 aromatic heterocycles. The lowest BCUT2D eigenvalue weighted by atomic mass is 10.1. The summed E-state index contributed by atoms with van der Waals surface area (Å²) in [6, 6.07) is 11.5. The lowest BCUT2D eigenvalue weighted by Crippen LogP contribution is -2.50. The number of aromatic amines is 1. The van der Waals surface area contributed by atoms with E-state index in [0.717, 1.165) is 0 Å². The number of nitrogens with one attached hydrogen (secondary N) is 1. The number of amides is 2. The second-order valence-electron chi connectivity index (χ2n) is 7.12. The SMILES string of the molecule is O=C(c1ccccc1OC(F)F)N1CCN(C(=O)c2cn[nH]c2-c2ccc(F)cc2)CC1. The van der Waals surface area contributed by atoms with E-state index in [-0.39, 0.29) is 49.2 Å². The Kier molecular flexibility index (Phi) is 6.11. The first-order valence-corrected chi connectivity index (χ1v) is 9.85. The van der Waals surface area contributed by atoms with E-state index in [0.29, 0.717) is 16.8 Å². The quantitative estimate of drug-likeness (QED) is 0.654. The minimum atomic E-state index is -3.04. The van der Waals surface area contributed by atoms with Gasteiger partial charge in [-0.1, -0.05) is 12.1 Å². The molecule has 166 valence electrons. The lowest BCUT2D eigenvalue weighted by Gasteiger charge is -2.35. The van der Waals surface area contributed by atoms with Gasteiger partial charge >= 0.3 is 6.61 Å². The highest BCUT2D eigenvalue weighted by molar-refractivity contribution is 6.00. The van der Waals surface area contributed by atoms with Crippen LogP contribution < -0.4 is 4.74 Å². The molecule has 0 unspecified atom stereocenters. The fraction of sp³-hybridized carbons (Fsp3) is 0.227. The topological polar surface area (TPSA) is 78.5 Å². The monoisotopic (exact) mass is 444 g/mol. The molecule has 3 aromatic rings. The molecule has 0 bridgehead atoms. The first-order valence-electron chi connectivity index (χ1n) is 9.85. The van der Waals surface area contributed by atoms with Gasteiger partial charge in [0.25, 0.3) is 11.8 Å². The van der Waals surface area contributed by atoms with Crippen LogP contribution in [0.5, 0.6) is 5.75 Å². The maximum atomic E-state index is 13.2. The third kappa shape index (κ3) is 4.43. The zero-order valence-corrected chi connectivity index (χ0v) is 16.8. The summed E-state index contributed by atoms with van der Waals surface area (Å²) in [6.07, 6.45) is 1.41. The van der Waals surface area contributed by atoms with Crippen LogP contribution in [0.15, 0.2) is 54.7 Å². The first kappa shape index (κ1) is 21.4. The number of carbonyl (C=O) groups excluding carboxylic acids is 2. The second-order valence-corrected chi connectivity index (χ2v) is 7.12. The third-order valence-electron chi connectivity index (χ3n) is 5.19. The Balaban J connectivity index is 1.44. The van der Waals surface area contributed by atoms with Crippen molar-refractivity contribution in [1.29, 1.82) is 0 Å². The van der Waals surface area contributed by atoms with Gasteiger partial charge in [0.15, 0.2) is 0 Å². The van der Waals surface area contributed by atoms with Crippen LogP contribution in [0.1, 0.15) is 20.7 Å². The van der Waals surface area contributed by atoms with Crippen LogP contribution in [0.4, 0.5) is 13.2 Å². The van der Waals surface area contributed by atoms with Gasteiger partial charge < -0.3 is 14.5 Å². The van der Waals surface area contributed by atoms with Crippen molar-refractivity contribution in [2.45, 2.75) is 6.61 Å². The minimum Gasteiger partial charge on any atom is -0.434 e. The van der Waals surface area contributed by atoms with Crippen molar-refractivity contribution in [3.63, 3.8) is 0 Å². The van der Waals surface area contributed by atoms with Crippen LogP contribution >= 0.6 is 0 Å². The molecule has 0 atom stereocenters. The highest BCUT2D eigenvalue weighted by atomic mass is 19.3. The maximum absolute atomic E-state index is 13.2. The number of aromatic nitrogens is 2. The number of nitrogens with zero attached hydrogens (tertiary/aromatic N) is 3. The van der Waals surface area contributed by atoms with E-state index in [1.165, 1.54) is 41.4 Å². The number of halogens is 3. The minimum absolute atomic E-state index is 0.0426. The molecule has 0 saturated carbocycles. The summed E-state index contributed by atoms with van der Waals surface area (Å²) in [5.41, 5.74) is 1.48. The zero-order chi connectivity index (χ0) is 22.7. The number of carbonyl (C=O) groups is 2. The van der Waals surface area contributed by atoms with Gasteiger partial charge in [0, 0.05) is 31.7 Å². The average Bonchev–Trinajstić information content (AvgIpc) is 3.29. The molecule has 2 aromatic carbocycles. The Labute approximate surface area is 181 Å². The van der Waals surface area contributed by atoms with Crippen molar-refractivity contribution < 1.29 is 27.5 Å². The molecule has 2 amide bonds. The van der Waals surface area contributed by atoms with Crippen molar-refractivity contribution in [3.05, 3.63) is 71.7 Å². The first-order chi connectivity index (χ1) is 15.4. The Bertz CT molecular complexity index is 1110. The second kappa shape index (κ2) is 9.13. The molecular weight excluding hydrogens is 425 g/mol. The third-order valence-corrected chi connectivity index (χ3v) is 5.19. The summed E-state index contributed by atoms with van der Waals surface area (Å²) in [7, 11) is 0. The van der Waals surface area contributed by atoms with E-state index in [4.69, 9.17) is 0 Å². The number of rotatable bonds is 5. The molecule has 7 nitrogen and oxygen atoms in total. The number of hydrogen-bond donors (Lipinski definition) is 1. The van der Waals surface area contributed by atoms with Gasteiger partial charge in [-0.15, -0.1) is 0 Å². The molecule has 32 heavy (non-hydrogen) atoms. The largest absolute Gasteiger partial charge is 0.434 e. The van der Waals surface area contributed by atoms with Crippen molar-refractivity contribution in [2.24, 2.45) is 0 Å². The predicted molar refractivity (Wildman–Crippen MR) is 109 cm³/mol. The van der Waals surface area contributed by atoms with Crippen LogP contribution in [0.2, 0.25) is 0 Å². The normalized spacial score (nSPS) is 14.0. The van der Waals surface area contributed by atoms with Crippen LogP contribution in [0.3, 0.4) is 0 Å². The predicted octanol–water partition coefficient (Wildman–Crippen LogP) is 3.42. The number of hydrogen-bond acceptors (Lipinski definition) is 4. The molecule has 0 spiro atoms. The smallest absolute Gasteiger partial charge is 0.387 e. The maximum Gasteiger partial charge on any atom is 0.387 e. The fourth-order valence-corrected chi connectivity index (χ4v) is 3.58. The molecular formula is C22H19F3N4O3. The molecule has 1 fully saturated rings. The molecule has 1 aliphatic heterocycles. The van der Waals surface area contributed by atoms with Crippen LogP contribution in [0.25, 0.3) is 11.3 Å². The molecule has 0 radical (unpaired) electrons. The Hall–Kier alpha value is -3.82. The highest BCUT2D eigenvalue weighted by Gasteiger charge is 2.29. The van der Waals surface area contributed by atoms with Gasteiger partial charge in [-0.05, 0) is 36.4 Å². The Morgan fingerprint density at radius 3 is 2.12 bits per heavy atom. The summed E-state index contributed by atoms with van der Waals surface area (Å²) in [6.45, 7) is -2.05. The summed E-state index contributed by atoms with van der Waals surface area (Å²) in [5.74, 6) is -1.29. The van der Waals surface area contributed by atoms with E-state index in [1.807, 2.05) is 0 Å². The van der Waals surface area contributed by atoms with Gasteiger partial charge in [-0.2, -0.15) is 13.9 Å². The van der Waals surface area contributed by atoms with E-state index >= 15 is 0 Å². The number of piperazine rings is 1. The number of para-hydroxylation sites is 1. The van der Waals surface area contributed by atoms with Crippen molar-refractivity contribution in [2.75, 3.05) is 26.2 Å². The summed E-state index contributed by atoms with van der Waals surface area (Å²) < 4.78 is 42.9. The van der Waals surface area contributed by atoms with Crippen LogP contribution in [-0.2, 0) is 0 Å². The Morgan fingerprint density at radius 2 is 1.50 bits per heavy atom. The average molecular weight is 444 g/mol. The van der Waals surface area contributed by atoms with Crippen LogP contribution in [-0.4, -0.2) is 64.6 Å². The molecule has 2 heterocycles. The number of benzene rings is 2. The highest BCUT2D eigenvalue weighted by Crippen LogP contribution is 2.25. The standard InChI is InChI=1S/C22H19F3N4O3/c23-15-7-5-14(6-8-15)19-17(13-26-27-19)21(31)29-11-9-28(10-12-29)20(30)16-3-1-2-4-18(16)32-22(24)25/h1-8,13,22H,9-12H2,(H,26,27). The van der Waals surface area contributed by atoms with Gasteiger partial charge in [0.2, 0.25) is 0 Å². The van der Waals surface area contributed by atoms with Crippen molar-refractivity contribution >= 4 is 11.8 Å². The van der Waals surface area contributed by atoms with Crippen molar-refractivity contribution in [1.82, 2.24) is 20.0 Å². The zero-order valence-electron chi connectivity index (χ0n) is 16.8. The summed E-state index contributed by atoms with van der Waals surface area (Å²) >= 11 is 0. The molecule has 10 heteroatoms. The van der Waals surface area contributed by atoms with E-state index in [2.05, 4.69) is 14.9 Å². The van der Waals surface area contributed by atoms with E-state index in [1.54, 1.807) is 23.1 Å². The molecule has 1 saturated heterocycles. The number of H-pyrrole nitrogens is 1. The van der Waals surface area contributed by atoms with Gasteiger partial charge in [-0.3, -0.25) is 14.7 Å². The lowest BCUT2D eigenvalue weighted by molar-refractivity contribution is -0.0503. The van der Waals surface area contributed by atoms with Gasteiger partial charge in [0.05, 0.1) is 23.0 Å². The summed E-state index contributed by atoms with van der Waals surface area (Å²) in [5, 5.41) is 6.72. The van der Waals surface area contributed by atoms with Gasteiger partial charge in [-0.25, -0.2) is 4.39 Å². The van der Waals surface area contributed by atoms with Crippen LogP contribution in [0, 0.1) is 5.82 Å². The number of alkyl halides is 2. The molecule has 4 rings (SSSR count). The number of ether oxygens (including phenoxy) is 1. The Morgan fingerprint density at radius 1 is 0.906 bits per heavy atom.